The second kappa shape index (κ2) is 5.42. The number of aromatic carboxylic acids is 1. The fourth-order valence-electron chi connectivity index (χ4n) is 1.53. The molecule has 0 atom stereocenters. The van der Waals surface area contributed by atoms with Gasteiger partial charge in [-0.3, -0.25) is 4.79 Å². The van der Waals surface area contributed by atoms with E-state index in [4.69, 9.17) is 16.7 Å². The summed E-state index contributed by atoms with van der Waals surface area (Å²) >= 11 is 6.77. The molecule has 0 aliphatic rings. The number of nitrogens with one attached hydrogen (secondary N) is 1. The van der Waals surface area contributed by atoms with Crippen molar-refractivity contribution in [2.24, 2.45) is 0 Å². The van der Waals surface area contributed by atoms with E-state index in [1.807, 2.05) is 6.92 Å². The van der Waals surface area contributed by atoms with Crippen LogP contribution < -0.4 is 5.32 Å². The van der Waals surface area contributed by atoms with E-state index in [0.29, 0.717) is 15.6 Å². The lowest BCUT2D eigenvalue weighted by Crippen LogP contribution is -2.11. The topological polar surface area (TPSA) is 66.4 Å². The van der Waals surface area contributed by atoms with E-state index < -0.39 is 5.97 Å². The van der Waals surface area contributed by atoms with Gasteiger partial charge in [-0.1, -0.05) is 11.6 Å². The van der Waals surface area contributed by atoms with Crippen molar-refractivity contribution in [3.8, 4) is 0 Å². The van der Waals surface area contributed by atoms with Gasteiger partial charge in [0.15, 0.2) is 0 Å². The summed E-state index contributed by atoms with van der Waals surface area (Å²) in [6.45, 7) is 1.83. The first-order valence-electron chi connectivity index (χ1n) is 5.38. The standard InChI is InChI=1S/C13H10ClNO3S/c1-7-6-8(14)2-3-9(7)15-12(16)10-4-5-11(19-10)13(17)18/h2-6H,1H3,(H,15,16)(H,17,18). The lowest BCUT2D eigenvalue weighted by molar-refractivity contribution is 0.0702. The predicted octanol–water partition coefficient (Wildman–Crippen LogP) is 3.66. The van der Waals surface area contributed by atoms with Crippen molar-refractivity contribution in [1.29, 1.82) is 0 Å². The molecule has 2 N–H and O–H groups in total. The maximum atomic E-state index is 12.0. The average molecular weight is 296 g/mol. The fraction of sp³-hybridized carbons (Fsp3) is 0.0769. The Labute approximate surface area is 118 Å². The van der Waals surface area contributed by atoms with Crippen molar-refractivity contribution < 1.29 is 14.7 Å². The zero-order valence-electron chi connectivity index (χ0n) is 9.94. The number of thiophene rings is 1. The van der Waals surface area contributed by atoms with Crippen molar-refractivity contribution in [3.63, 3.8) is 0 Å². The summed E-state index contributed by atoms with van der Waals surface area (Å²) in [6, 6.07) is 8.04. The Morgan fingerprint density at radius 3 is 2.47 bits per heavy atom. The highest BCUT2D eigenvalue weighted by molar-refractivity contribution is 7.15. The monoisotopic (exact) mass is 295 g/mol. The summed E-state index contributed by atoms with van der Waals surface area (Å²) in [5.41, 5.74) is 1.50. The van der Waals surface area contributed by atoms with E-state index in [1.165, 1.54) is 12.1 Å². The predicted molar refractivity (Wildman–Crippen MR) is 75.4 cm³/mol. The number of hydrogen-bond acceptors (Lipinski definition) is 3. The van der Waals surface area contributed by atoms with Crippen LogP contribution in [0.4, 0.5) is 5.69 Å². The maximum Gasteiger partial charge on any atom is 0.345 e. The number of carboxylic acid groups (broad SMARTS) is 1. The molecule has 0 bridgehead atoms. The molecule has 1 amide bonds. The molecule has 0 spiro atoms. The van der Waals surface area contributed by atoms with Crippen molar-refractivity contribution in [3.05, 3.63) is 50.7 Å². The van der Waals surface area contributed by atoms with Crippen LogP contribution in [0.15, 0.2) is 30.3 Å². The number of hydrogen-bond donors (Lipinski definition) is 2. The first-order chi connectivity index (χ1) is 8.97. The van der Waals surface area contributed by atoms with Gasteiger partial charge in [-0.15, -0.1) is 11.3 Å². The van der Waals surface area contributed by atoms with Crippen LogP contribution in [-0.2, 0) is 0 Å². The maximum absolute atomic E-state index is 12.0. The first-order valence-corrected chi connectivity index (χ1v) is 6.57. The number of carbonyl (C=O) groups is 2. The Morgan fingerprint density at radius 1 is 1.21 bits per heavy atom. The average Bonchev–Trinajstić information content (AvgIpc) is 2.82. The Hall–Kier alpha value is -1.85. The molecule has 4 nitrogen and oxygen atoms in total. The molecular formula is C13H10ClNO3S. The highest BCUT2D eigenvalue weighted by Crippen LogP contribution is 2.22. The summed E-state index contributed by atoms with van der Waals surface area (Å²) in [7, 11) is 0. The molecule has 2 rings (SSSR count). The molecule has 0 aliphatic carbocycles. The van der Waals surface area contributed by atoms with Crippen molar-refractivity contribution in [2.75, 3.05) is 5.32 Å². The molecule has 0 fully saturated rings. The fourth-order valence-corrected chi connectivity index (χ4v) is 2.49. The Balaban J connectivity index is 2.18. The van der Waals surface area contributed by atoms with Gasteiger partial charge in [-0.2, -0.15) is 0 Å². The van der Waals surface area contributed by atoms with Gasteiger partial charge in [0.1, 0.15) is 4.88 Å². The molecular weight excluding hydrogens is 286 g/mol. The number of benzene rings is 1. The third-order valence-electron chi connectivity index (χ3n) is 2.48. The number of carbonyl (C=O) groups excluding carboxylic acids is 1. The van der Waals surface area contributed by atoms with E-state index in [2.05, 4.69) is 5.32 Å². The first kappa shape index (κ1) is 13.6. The van der Waals surface area contributed by atoms with Crippen LogP contribution in [0.25, 0.3) is 0 Å². The smallest absolute Gasteiger partial charge is 0.345 e. The van der Waals surface area contributed by atoms with Gasteiger partial charge >= 0.3 is 5.97 Å². The Morgan fingerprint density at radius 2 is 1.89 bits per heavy atom. The summed E-state index contributed by atoms with van der Waals surface area (Å²) in [5, 5.41) is 12.1. The van der Waals surface area contributed by atoms with Gasteiger partial charge in [0.25, 0.3) is 5.91 Å². The van der Waals surface area contributed by atoms with Crippen LogP contribution in [0.2, 0.25) is 5.02 Å². The summed E-state index contributed by atoms with van der Waals surface area (Å²) in [4.78, 5) is 23.2. The van der Waals surface area contributed by atoms with Crippen LogP contribution >= 0.6 is 22.9 Å². The van der Waals surface area contributed by atoms with E-state index >= 15 is 0 Å². The second-order valence-corrected chi connectivity index (χ2v) is 5.40. The molecule has 0 saturated heterocycles. The molecule has 98 valence electrons. The van der Waals surface area contributed by atoms with Crippen molar-refractivity contribution >= 4 is 40.5 Å². The van der Waals surface area contributed by atoms with Gasteiger partial charge < -0.3 is 10.4 Å². The van der Waals surface area contributed by atoms with Crippen LogP contribution in [0.1, 0.15) is 24.9 Å². The van der Waals surface area contributed by atoms with Gasteiger partial charge in [0.05, 0.1) is 4.88 Å². The molecule has 2 aromatic rings. The third-order valence-corrected chi connectivity index (χ3v) is 3.78. The zero-order chi connectivity index (χ0) is 14.0. The van der Waals surface area contributed by atoms with E-state index in [1.54, 1.807) is 18.2 Å². The molecule has 0 radical (unpaired) electrons. The minimum Gasteiger partial charge on any atom is -0.477 e. The summed E-state index contributed by atoms with van der Waals surface area (Å²) in [6.07, 6.45) is 0. The normalized spacial score (nSPS) is 10.2. The van der Waals surface area contributed by atoms with Gasteiger partial charge in [0, 0.05) is 10.7 Å². The minimum atomic E-state index is -1.04. The summed E-state index contributed by atoms with van der Waals surface area (Å²) < 4.78 is 0. The van der Waals surface area contributed by atoms with Crippen LogP contribution in [0, 0.1) is 6.92 Å². The molecule has 1 aromatic heterocycles. The van der Waals surface area contributed by atoms with Crippen molar-refractivity contribution in [1.82, 2.24) is 0 Å². The molecule has 1 heterocycles. The third kappa shape index (κ3) is 3.13. The molecule has 0 saturated carbocycles. The lowest BCUT2D eigenvalue weighted by atomic mass is 10.2. The number of carboxylic acids is 1. The molecule has 19 heavy (non-hydrogen) atoms. The molecule has 1 aromatic carbocycles. The van der Waals surface area contributed by atoms with E-state index in [-0.39, 0.29) is 10.8 Å². The lowest BCUT2D eigenvalue weighted by Gasteiger charge is -2.07. The highest BCUT2D eigenvalue weighted by atomic mass is 35.5. The van der Waals surface area contributed by atoms with Crippen LogP contribution in [-0.4, -0.2) is 17.0 Å². The number of aryl methyl sites for hydroxylation is 1. The minimum absolute atomic E-state index is 0.137. The second-order valence-electron chi connectivity index (χ2n) is 3.88. The zero-order valence-corrected chi connectivity index (χ0v) is 11.5. The molecule has 6 heteroatoms. The SMILES string of the molecule is Cc1cc(Cl)ccc1NC(=O)c1ccc(C(=O)O)s1. The number of amides is 1. The van der Waals surface area contributed by atoms with Gasteiger partial charge in [-0.05, 0) is 42.8 Å². The number of anilines is 1. The van der Waals surface area contributed by atoms with Crippen LogP contribution in [0.5, 0.6) is 0 Å². The Bertz CT molecular complexity index is 651. The Kier molecular flexibility index (Phi) is 3.87. The van der Waals surface area contributed by atoms with E-state index in [9.17, 15) is 9.59 Å². The number of rotatable bonds is 3. The highest BCUT2D eigenvalue weighted by Gasteiger charge is 2.13. The van der Waals surface area contributed by atoms with Crippen molar-refractivity contribution in [2.45, 2.75) is 6.92 Å². The largest absolute Gasteiger partial charge is 0.477 e. The van der Waals surface area contributed by atoms with Gasteiger partial charge in [-0.25, -0.2) is 4.79 Å². The van der Waals surface area contributed by atoms with E-state index in [0.717, 1.165) is 16.9 Å². The quantitative estimate of drug-likeness (QED) is 0.908. The number of halogens is 1. The summed E-state index contributed by atoms with van der Waals surface area (Å²) in [5.74, 6) is -1.37. The molecule has 0 unspecified atom stereocenters. The van der Waals surface area contributed by atoms with Crippen LogP contribution in [0.3, 0.4) is 0 Å². The van der Waals surface area contributed by atoms with Gasteiger partial charge in [0.2, 0.25) is 0 Å². The molecule has 0 aliphatic heterocycles.